The van der Waals surface area contributed by atoms with E-state index < -0.39 is 5.60 Å². The average molecular weight is 439 g/mol. The summed E-state index contributed by atoms with van der Waals surface area (Å²) in [7, 11) is 1.63. The van der Waals surface area contributed by atoms with Crippen molar-refractivity contribution in [2.45, 2.75) is 32.8 Å². The highest BCUT2D eigenvalue weighted by Crippen LogP contribution is 2.28. The largest absolute Gasteiger partial charge is 0.497 e. The molecule has 0 atom stereocenters. The molecular weight excluding hydrogens is 408 g/mol. The van der Waals surface area contributed by atoms with Crippen LogP contribution in [0.4, 0.5) is 16.4 Å². The quantitative estimate of drug-likeness (QED) is 0.669. The number of aromatic nitrogens is 3. The number of hydrogen-bond donors (Lipinski definition) is 1. The van der Waals surface area contributed by atoms with E-state index in [2.05, 4.69) is 15.0 Å². The molecule has 1 aliphatic rings. The summed E-state index contributed by atoms with van der Waals surface area (Å²) in [5, 5.41) is 5.40. The number of carbonyl (C=O) groups is 1. The van der Waals surface area contributed by atoms with Crippen LogP contribution in [0.3, 0.4) is 0 Å². The van der Waals surface area contributed by atoms with Crippen LogP contribution in [0.5, 0.6) is 5.75 Å². The summed E-state index contributed by atoms with van der Waals surface area (Å²) in [5.74, 6) is 2.03. The molecule has 1 amide bonds. The van der Waals surface area contributed by atoms with Crippen LogP contribution in [0.15, 0.2) is 36.5 Å². The number of fused-ring (bicyclic) bond motifs is 1. The molecule has 9 nitrogen and oxygen atoms in total. The van der Waals surface area contributed by atoms with Crippen molar-refractivity contribution < 1.29 is 14.3 Å². The van der Waals surface area contributed by atoms with Gasteiger partial charge in [0.05, 0.1) is 18.3 Å². The lowest BCUT2D eigenvalue weighted by molar-refractivity contribution is 0.0263. The first-order chi connectivity index (χ1) is 15.2. The molecule has 0 saturated carbocycles. The van der Waals surface area contributed by atoms with E-state index in [9.17, 15) is 4.79 Å². The van der Waals surface area contributed by atoms with Crippen molar-refractivity contribution in [2.24, 2.45) is 0 Å². The second-order valence-corrected chi connectivity index (χ2v) is 8.86. The van der Waals surface area contributed by atoms with Crippen LogP contribution in [0.1, 0.15) is 27.2 Å². The third-order valence-corrected chi connectivity index (χ3v) is 5.36. The van der Waals surface area contributed by atoms with Crippen LogP contribution < -0.4 is 15.4 Å². The number of ether oxygens (including phenoxy) is 2. The first-order valence-electron chi connectivity index (χ1n) is 10.8. The average Bonchev–Trinajstić information content (AvgIpc) is 2.92. The Morgan fingerprint density at radius 2 is 1.91 bits per heavy atom. The lowest BCUT2D eigenvalue weighted by Gasteiger charge is -2.26. The highest BCUT2D eigenvalue weighted by Gasteiger charge is 2.25. The molecular formula is C23H30N6O3. The molecule has 1 saturated heterocycles. The van der Waals surface area contributed by atoms with Gasteiger partial charge in [0.2, 0.25) is 0 Å². The zero-order chi connectivity index (χ0) is 22.9. The van der Waals surface area contributed by atoms with Gasteiger partial charge < -0.3 is 25.0 Å². The molecule has 2 N–H and O–H groups in total. The Labute approximate surface area is 187 Å². The fraction of sp³-hybridized carbons (Fsp3) is 0.435. The molecule has 0 bridgehead atoms. The highest BCUT2D eigenvalue weighted by atomic mass is 16.6. The molecule has 3 heterocycles. The third kappa shape index (κ3) is 4.56. The van der Waals surface area contributed by atoms with Crippen molar-refractivity contribution in [1.82, 2.24) is 19.7 Å². The number of carbonyl (C=O) groups excluding carboxylic acids is 1. The van der Waals surface area contributed by atoms with Crippen molar-refractivity contribution in [2.75, 3.05) is 43.9 Å². The maximum absolute atomic E-state index is 12.5. The number of benzene rings is 1. The first kappa shape index (κ1) is 21.7. The first-order valence-corrected chi connectivity index (χ1v) is 10.8. The number of nitrogen functional groups attached to an aromatic ring is 1. The van der Waals surface area contributed by atoms with Crippen LogP contribution in [0.25, 0.3) is 16.6 Å². The highest BCUT2D eigenvalue weighted by molar-refractivity contribution is 5.91. The Kier molecular flexibility index (Phi) is 5.82. The smallest absolute Gasteiger partial charge is 0.410 e. The minimum Gasteiger partial charge on any atom is -0.497 e. The summed E-state index contributed by atoms with van der Waals surface area (Å²) in [6.45, 7) is 8.35. The number of pyridine rings is 1. The standard InChI is InChI=1S/C23H30N6O3/c1-23(2,3)32-22(30)28-11-5-10-27(12-13-28)20-14-16(8-9-25-20)29-19-15-17(31-4)6-7-18(19)21(24)26-29/h6-9,14-15H,5,10-13H2,1-4H3,(H2,24,26). The van der Waals surface area contributed by atoms with E-state index >= 15 is 0 Å². The third-order valence-electron chi connectivity index (χ3n) is 5.36. The summed E-state index contributed by atoms with van der Waals surface area (Å²) in [6, 6.07) is 9.60. The molecule has 0 aliphatic carbocycles. The van der Waals surface area contributed by atoms with Crippen LogP contribution in [0, 0.1) is 0 Å². The number of nitrogens with two attached hydrogens (primary N) is 1. The summed E-state index contributed by atoms with van der Waals surface area (Å²) in [6.07, 6.45) is 2.33. The molecule has 170 valence electrons. The Morgan fingerprint density at radius 1 is 1.09 bits per heavy atom. The minimum absolute atomic E-state index is 0.270. The van der Waals surface area contributed by atoms with Crippen molar-refractivity contribution in [3.8, 4) is 11.4 Å². The van der Waals surface area contributed by atoms with Gasteiger partial charge in [-0.3, -0.25) is 0 Å². The van der Waals surface area contributed by atoms with Gasteiger partial charge in [0.25, 0.3) is 0 Å². The van der Waals surface area contributed by atoms with Crippen LogP contribution in [-0.2, 0) is 4.74 Å². The van der Waals surface area contributed by atoms with Gasteiger partial charge in [0.1, 0.15) is 17.2 Å². The van der Waals surface area contributed by atoms with E-state index in [1.54, 1.807) is 18.2 Å². The number of amides is 1. The second-order valence-electron chi connectivity index (χ2n) is 8.86. The summed E-state index contributed by atoms with van der Waals surface area (Å²) < 4.78 is 12.7. The lowest BCUT2D eigenvalue weighted by Crippen LogP contribution is -2.39. The van der Waals surface area contributed by atoms with Gasteiger partial charge >= 0.3 is 6.09 Å². The zero-order valence-electron chi connectivity index (χ0n) is 19.0. The number of hydrogen-bond acceptors (Lipinski definition) is 7. The van der Waals surface area contributed by atoms with Gasteiger partial charge in [0, 0.05) is 49.9 Å². The van der Waals surface area contributed by atoms with Crippen molar-refractivity contribution >= 4 is 28.6 Å². The molecule has 3 aromatic rings. The topological polar surface area (TPSA) is 98.7 Å². The molecule has 0 spiro atoms. The van der Waals surface area contributed by atoms with E-state index in [0.29, 0.717) is 25.5 Å². The molecule has 32 heavy (non-hydrogen) atoms. The van der Waals surface area contributed by atoms with Crippen LogP contribution in [-0.4, -0.2) is 64.6 Å². The monoisotopic (exact) mass is 438 g/mol. The molecule has 4 rings (SSSR count). The minimum atomic E-state index is -0.504. The number of anilines is 2. The SMILES string of the molecule is COc1ccc2c(N)nn(-c3ccnc(N4CCCN(C(=O)OC(C)(C)C)CC4)c3)c2c1. The van der Waals surface area contributed by atoms with E-state index in [1.807, 2.05) is 55.8 Å². The van der Waals surface area contributed by atoms with Crippen molar-refractivity contribution in [1.29, 1.82) is 0 Å². The van der Waals surface area contributed by atoms with E-state index in [0.717, 1.165) is 41.1 Å². The maximum Gasteiger partial charge on any atom is 0.410 e. The second kappa shape index (κ2) is 8.57. The Balaban J connectivity index is 1.56. The summed E-state index contributed by atoms with van der Waals surface area (Å²) in [4.78, 5) is 21.0. The van der Waals surface area contributed by atoms with Gasteiger partial charge in [-0.25, -0.2) is 14.5 Å². The number of methoxy groups -OCH3 is 1. The van der Waals surface area contributed by atoms with Crippen molar-refractivity contribution in [3.05, 3.63) is 36.5 Å². The fourth-order valence-corrected chi connectivity index (χ4v) is 3.81. The molecule has 0 radical (unpaired) electrons. The van der Waals surface area contributed by atoms with E-state index in [4.69, 9.17) is 15.2 Å². The summed E-state index contributed by atoms with van der Waals surface area (Å²) >= 11 is 0. The summed E-state index contributed by atoms with van der Waals surface area (Å²) in [5.41, 5.74) is 7.37. The van der Waals surface area contributed by atoms with E-state index in [-0.39, 0.29) is 6.09 Å². The normalized spacial score (nSPS) is 15.0. The Morgan fingerprint density at radius 3 is 2.66 bits per heavy atom. The van der Waals surface area contributed by atoms with Crippen LogP contribution >= 0.6 is 0 Å². The molecule has 1 aromatic carbocycles. The number of rotatable bonds is 3. The molecule has 9 heteroatoms. The van der Waals surface area contributed by atoms with Gasteiger partial charge in [-0.05, 0) is 45.4 Å². The van der Waals surface area contributed by atoms with Gasteiger partial charge in [0.15, 0.2) is 5.82 Å². The zero-order valence-corrected chi connectivity index (χ0v) is 19.0. The van der Waals surface area contributed by atoms with Gasteiger partial charge in [-0.15, -0.1) is 5.10 Å². The number of nitrogens with zero attached hydrogens (tertiary/aromatic N) is 5. The Bertz CT molecular complexity index is 1120. The van der Waals surface area contributed by atoms with E-state index in [1.165, 1.54) is 0 Å². The van der Waals surface area contributed by atoms with Crippen LogP contribution in [0.2, 0.25) is 0 Å². The van der Waals surface area contributed by atoms with Gasteiger partial charge in [-0.1, -0.05) is 0 Å². The predicted molar refractivity (Wildman–Crippen MR) is 124 cm³/mol. The van der Waals surface area contributed by atoms with Crippen molar-refractivity contribution in [3.63, 3.8) is 0 Å². The fourth-order valence-electron chi connectivity index (χ4n) is 3.81. The Hall–Kier alpha value is -3.49. The lowest BCUT2D eigenvalue weighted by atomic mass is 10.2. The molecule has 1 fully saturated rings. The predicted octanol–water partition coefficient (Wildman–Crippen LogP) is 3.46. The molecule has 1 aliphatic heterocycles. The molecule has 2 aromatic heterocycles. The molecule has 0 unspecified atom stereocenters. The van der Waals surface area contributed by atoms with Gasteiger partial charge in [-0.2, -0.15) is 0 Å². The maximum atomic E-state index is 12.5.